The van der Waals surface area contributed by atoms with Gasteiger partial charge in [-0.1, -0.05) is 6.92 Å². The summed E-state index contributed by atoms with van der Waals surface area (Å²) in [5.41, 5.74) is 0. The fourth-order valence-corrected chi connectivity index (χ4v) is 4.74. The second kappa shape index (κ2) is 8.77. The van der Waals surface area contributed by atoms with Gasteiger partial charge >= 0.3 is 8.56 Å². The Bertz CT molecular complexity index is 127. The Balaban J connectivity index is 3.71. The lowest BCUT2D eigenvalue weighted by molar-refractivity contribution is 0.189. The van der Waals surface area contributed by atoms with E-state index in [9.17, 15) is 0 Å². The molecule has 14 heavy (non-hydrogen) atoms. The normalized spacial score (nSPS) is 12.0. The van der Waals surface area contributed by atoms with Crippen LogP contribution in [0.25, 0.3) is 0 Å². The van der Waals surface area contributed by atoms with E-state index in [1.165, 1.54) is 17.9 Å². The van der Waals surface area contributed by atoms with Gasteiger partial charge in [0.25, 0.3) is 0 Å². The molecule has 0 bridgehead atoms. The molecule has 4 heteroatoms. The van der Waals surface area contributed by atoms with Crippen LogP contribution in [0, 0.1) is 0 Å². The van der Waals surface area contributed by atoms with Crippen molar-refractivity contribution in [1.29, 1.82) is 0 Å². The van der Waals surface area contributed by atoms with Crippen LogP contribution in [0.3, 0.4) is 0 Å². The van der Waals surface area contributed by atoms with Crippen molar-refractivity contribution < 1.29 is 8.85 Å². The highest BCUT2D eigenvalue weighted by Crippen LogP contribution is 2.17. The van der Waals surface area contributed by atoms with Gasteiger partial charge in [-0.2, -0.15) is 11.8 Å². The molecule has 0 aliphatic heterocycles. The molecule has 0 aliphatic carbocycles. The summed E-state index contributed by atoms with van der Waals surface area (Å²) in [7, 11) is -1.81. The largest absolute Gasteiger partial charge is 0.395 e. The summed E-state index contributed by atoms with van der Waals surface area (Å²) < 4.78 is 11.5. The lowest BCUT2D eigenvalue weighted by Gasteiger charge is -2.25. The lowest BCUT2D eigenvalue weighted by atomic mass is 10.6. The van der Waals surface area contributed by atoms with Crippen molar-refractivity contribution in [1.82, 2.24) is 0 Å². The van der Waals surface area contributed by atoms with Crippen LogP contribution in [0.4, 0.5) is 0 Å². The Morgan fingerprint density at radius 2 is 1.64 bits per heavy atom. The van der Waals surface area contributed by atoms with Crippen LogP contribution in [0.2, 0.25) is 12.6 Å². The number of hydrogen-bond acceptors (Lipinski definition) is 3. The van der Waals surface area contributed by atoms with Crippen molar-refractivity contribution in [3.63, 3.8) is 0 Å². The van der Waals surface area contributed by atoms with E-state index >= 15 is 0 Å². The summed E-state index contributed by atoms with van der Waals surface area (Å²) in [5, 5.41) is 0. The zero-order valence-electron chi connectivity index (χ0n) is 9.97. The highest BCUT2D eigenvalue weighted by molar-refractivity contribution is 7.99. The van der Waals surface area contributed by atoms with Gasteiger partial charge in [-0.15, -0.1) is 0 Å². The minimum Gasteiger partial charge on any atom is -0.395 e. The average molecular weight is 236 g/mol. The van der Waals surface area contributed by atoms with Crippen molar-refractivity contribution in [2.75, 3.05) is 24.7 Å². The van der Waals surface area contributed by atoms with Crippen LogP contribution in [-0.2, 0) is 8.85 Å². The maximum absolute atomic E-state index is 5.76. The quantitative estimate of drug-likeness (QED) is 0.452. The van der Waals surface area contributed by atoms with Gasteiger partial charge in [0, 0.05) is 13.2 Å². The van der Waals surface area contributed by atoms with E-state index in [-0.39, 0.29) is 0 Å². The topological polar surface area (TPSA) is 18.5 Å². The van der Waals surface area contributed by atoms with Crippen LogP contribution in [-0.4, -0.2) is 33.3 Å². The molecule has 0 aromatic heterocycles. The van der Waals surface area contributed by atoms with Crippen LogP contribution in [0.1, 0.15) is 27.2 Å². The minimum absolute atomic E-state index is 0.781. The van der Waals surface area contributed by atoms with Crippen molar-refractivity contribution in [2.45, 2.75) is 39.8 Å². The number of thioether (sulfide) groups is 1. The average Bonchev–Trinajstić information content (AvgIpc) is 2.13. The molecule has 0 unspecified atom stereocenters. The molecule has 0 N–H and O–H groups in total. The first-order valence-electron chi connectivity index (χ1n) is 5.54. The van der Waals surface area contributed by atoms with E-state index in [0.29, 0.717) is 0 Å². The summed E-state index contributed by atoms with van der Waals surface area (Å²) >= 11 is 2.00. The molecule has 0 aromatic rings. The molecule has 0 saturated carbocycles. The molecule has 0 rings (SSSR count). The molecule has 2 nitrogen and oxygen atoms in total. The Hall–Kier alpha value is 0.487. The molecule has 0 radical (unpaired) electrons. The van der Waals surface area contributed by atoms with Crippen molar-refractivity contribution in [2.24, 2.45) is 0 Å². The number of hydrogen-bond donors (Lipinski definition) is 0. The lowest BCUT2D eigenvalue weighted by Crippen LogP contribution is -2.38. The zero-order valence-corrected chi connectivity index (χ0v) is 11.8. The summed E-state index contributed by atoms with van der Waals surface area (Å²) in [6.07, 6.45) is 1.22. The van der Waals surface area contributed by atoms with Gasteiger partial charge < -0.3 is 8.85 Å². The van der Waals surface area contributed by atoms with Gasteiger partial charge in [0.1, 0.15) is 0 Å². The summed E-state index contributed by atoms with van der Waals surface area (Å²) in [6, 6.07) is 1.13. The van der Waals surface area contributed by atoms with Gasteiger partial charge in [-0.05, 0) is 44.4 Å². The van der Waals surface area contributed by atoms with Gasteiger partial charge in [0.15, 0.2) is 0 Å². The smallest absolute Gasteiger partial charge is 0.334 e. The first kappa shape index (κ1) is 14.5. The summed E-state index contributed by atoms with van der Waals surface area (Å²) in [4.78, 5) is 0. The maximum Gasteiger partial charge on any atom is 0.334 e. The highest BCUT2D eigenvalue weighted by Gasteiger charge is 2.29. The fraction of sp³-hybridized carbons (Fsp3) is 1.00. The Morgan fingerprint density at radius 3 is 2.07 bits per heavy atom. The maximum atomic E-state index is 5.76. The third kappa shape index (κ3) is 6.87. The Morgan fingerprint density at radius 1 is 1.07 bits per heavy atom. The van der Waals surface area contributed by atoms with E-state index in [1.54, 1.807) is 0 Å². The predicted octanol–water partition coefficient (Wildman–Crippen LogP) is 3.27. The molecule has 0 aliphatic rings. The molecule has 0 atom stereocenters. The van der Waals surface area contributed by atoms with Crippen LogP contribution >= 0.6 is 11.8 Å². The van der Waals surface area contributed by atoms with Crippen LogP contribution < -0.4 is 0 Å². The van der Waals surface area contributed by atoms with E-state index in [4.69, 9.17) is 8.85 Å². The van der Waals surface area contributed by atoms with Crippen molar-refractivity contribution in [3.05, 3.63) is 0 Å². The SMILES string of the molecule is CCO[Si](C)(CCCSCC)OCC. The van der Waals surface area contributed by atoms with E-state index in [2.05, 4.69) is 13.5 Å². The number of rotatable bonds is 9. The summed E-state index contributed by atoms with van der Waals surface area (Å²) in [5.74, 6) is 2.45. The molecule has 0 heterocycles. The first-order valence-corrected chi connectivity index (χ1v) is 9.22. The molecule has 0 saturated heterocycles. The molecular formula is C10H24O2SSi. The van der Waals surface area contributed by atoms with Crippen LogP contribution in [0.15, 0.2) is 0 Å². The third-order valence-corrected chi connectivity index (χ3v) is 6.07. The van der Waals surface area contributed by atoms with Crippen molar-refractivity contribution in [3.8, 4) is 0 Å². The molecule has 0 aromatic carbocycles. The van der Waals surface area contributed by atoms with Crippen LogP contribution in [0.5, 0.6) is 0 Å². The molecule has 0 spiro atoms. The standard InChI is InChI=1S/C10H24O2SSi/c1-5-11-14(4,12-6-2)10-8-9-13-7-3/h5-10H2,1-4H3. The predicted molar refractivity (Wildman–Crippen MR) is 67.3 cm³/mol. The Labute approximate surface area is 94.0 Å². The van der Waals surface area contributed by atoms with Gasteiger partial charge in [-0.25, -0.2) is 0 Å². The Kier molecular flexibility index (Phi) is 9.07. The second-order valence-electron chi connectivity index (χ2n) is 3.30. The van der Waals surface area contributed by atoms with Crippen molar-refractivity contribution >= 4 is 20.3 Å². The van der Waals surface area contributed by atoms with Gasteiger partial charge in [-0.3, -0.25) is 0 Å². The highest BCUT2D eigenvalue weighted by atomic mass is 32.2. The molecule has 0 amide bonds. The van der Waals surface area contributed by atoms with Gasteiger partial charge in [0.2, 0.25) is 0 Å². The fourth-order valence-electron chi connectivity index (χ4n) is 1.44. The van der Waals surface area contributed by atoms with E-state index < -0.39 is 8.56 Å². The third-order valence-electron chi connectivity index (χ3n) is 2.02. The van der Waals surface area contributed by atoms with E-state index in [0.717, 1.165) is 19.3 Å². The minimum atomic E-state index is -1.81. The monoisotopic (exact) mass is 236 g/mol. The molecule has 0 fully saturated rings. The first-order chi connectivity index (χ1) is 6.68. The summed E-state index contributed by atoms with van der Waals surface area (Å²) in [6.45, 7) is 10.0. The zero-order chi connectivity index (χ0) is 10.9. The molecular weight excluding hydrogens is 212 g/mol. The van der Waals surface area contributed by atoms with E-state index in [1.807, 2.05) is 25.6 Å². The van der Waals surface area contributed by atoms with Gasteiger partial charge in [0.05, 0.1) is 0 Å². The second-order valence-corrected chi connectivity index (χ2v) is 8.04. The molecule has 86 valence electrons.